The first kappa shape index (κ1) is 21.5. The third-order valence-corrected chi connectivity index (χ3v) is 5.72. The van der Waals surface area contributed by atoms with E-state index in [1.807, 2.05) is 24.3 Å². The predicted molar refractivity (Wildman–Crippen MR) is 112 cm³/mol. The molecule has 2 aromatic carbocycles. The number of cyclic esters (lactones) is 1. The van der Waals surface area contributed by atoms with Gasteiger partial charge in [-0.2, -0.15) is 0 Å². The standard InChI is InChI=1S/C23H24N2O7/c1-29-16-7-5-4-6-13(16)12-24-21(27)15-9-11-18(26)25(15)22-14-8-10-17(30-2)20(31-3)19(14)23(28)32-22/h4-8,10,15,22H,9,11-12H2,1-3H3,(H,24,27)/t15-,22-/m0/s1. The fourth-order valence-electron chi connectivity index (χ4n) is 4.19. The number of esters is 1. The Morgan fingerprint density at radius 3 is 2.53 bits per heavy atom. The van der Waals surface area contributed by atoms with Gasteiger partial charge in [0, 0.05) is 24.1 Å². The van der Waals surface area contributed by atoms with Crippen LogP contribution in [0.2, 0.25) is 0 Å². The summed E-state index contributed by atoms with van der Waals surface area (Å²) >= 11 is 0. The number of para-hydroxylation sites is 1. The first-order chi connectivity index (χ1) is 15.5. The number of carbonyl (C=O) groups is 3. The second kappa shape index (κ2) is 8.78. The lowest BCUT2D eigenvalue weighted by molar-refractivity contribution is -0.145. The highest BCUT2D eigenvalue weighted by Gasteiger charge is 2.47. The molecule has 0 bridgehead atoms. The molecular weight excluding hydrogens is 416 g/mol. The highest BCUT2D eigenvalue weighted by Crippen LogP contribution is 2.45. The third kappa shape index (κ3) is 3.59. The normalized spacial score (nSPS) is 19.4. The van der Waals surface area contributed by atoms with E-state index in [4.69, 9.17) is 18.9 Å². The van der Waals surface area contributed by atoms with Crippen LogP contribution in [-0.4, -0.2) is 50.1 Å². The molecule has 9 nitrogen and oxygen atoms in total. The van der Waals surface area contributed by atoms with Crippen molar-refractivity contribution in [2.24, 2.45) is 0 Å². The van der Waals surface area contributed by atoms with Gasteiger partial charge < -0.3 is 24.3 Å². The number of rotatable bonds is 7. The molecule has 0 unspecified atom stereocenters. The van der Waals surface area contributed by atoms with Crippen molar-refractivity contribution in [3.05, 3.63) is 53.1 Å². The minimum absolute atomic E-state index is 0.184. The molecule has 2 atom stereocenters. The summed E-state index contributed by atoms with van der Waals surface area (Å²) in [6, 6.07) is 9.89. The van der Waals surface area contributed by atoms with Crippen LogP contribution in [0.5, 0.6) is 17.2 Å². The quantitative estimate of drug-likeness (QED) is 0.658. The van der Waals surface area contributed by atoms with Gasteiger partial charge in [0.1, 0.15) is 17.4 Å². The zero-order chi connectivity index (χ0) is 22.8. The molecule has 0 radical (unpaired) electrons. The second-order valence-electron chi connectivity index (χ2n) is 7.41. The molecule has 1 saturated heterocycles. The zero-order valence-corrected chi connectivity index (χ0v) is 18.0. The first-order valence-electron chi connectivity index (χ1n) is 10.2. The van der Waals surface area contributed by atoms with Crippen molar-refractivity contribution in [1.29, 1.82) is 0 Å². The van der Waals surface area contributed by atoms with E-state index in [0.29, 0.717) is 23.5 Å². The van der Waals surface area contributed by atoms with Crippen molar-refractivity contribution in [3.63, 3.8) is 0 Å². The highest BCUT2D eigenvalue weighted by molar-refractivity contribution is 5.99. The molecule has 9 heteroatoms. The van der Waals surface area contributed by atoms with Gasteiger partial charge in [-0.1, -0.05) is 18.2 Å². The molecule has 0 spiro atoms. The average Bonchev–Trinajstić information content (AvgIpc) is 3.36. The topological polar surface area (TPSA) is 103 Å². The molecule has 2 heterocycles. The highest BCUT2D eigenvalue weighted by atomic mass is 16.6. The summed E-state index contributed by atoms with van der Waals surface area (Å²) in [7, 11) is 4.45. The number of amides is 2. The summed E-state index contributed by atoms with van der Waals surface area (Å²) in [6.45, 7) is 0.243. The van der Waals surface area contributed by atoms with Gasteiger partial charge in [0.05, 0.1) is 21.3 Å². The van der Waals surface area contributed by atoms with Crippen LogP contribution in [0.15, 0.2) is 36.4 Å². The lowest BCUT2D eigenvalue weighted by Gasteiger charge is -2.29. The lowest BCUT2D eigenvalue weighted by atomic mass is 10.0. The summed E-state index contributed by atoms with van der Waals surface area (Å²) in [5, 5.41) is 2.87. The largest absolute Gasteiger partial charge is 0.496 e. The summed E-state index contributed by atoms with van der Waals surface area (Å²) in [5.41, 5.74) is 1.48. The molecule has 168 valence electrons. The number of benzene rings is 2. The van der Waals surface area contributed by atoms with Crippen LogP contribution in [0.4, 0.5) is 0 Å². The number of ether oxygens (including phenoxy) is 4. The van der Waals surface area contributed by atoms with Crippen molar-refractivity contribution in [1.82, 2.24) is 10.2 Å². The van der Waals surface area contributed by atoms with E-state index in [0.717, 1.165) is 5.56 Å². The molecule has 0 saturated carbocycles. The maximum atomic E-state index is 13.0. The van der Waals surface area contributed by atoms with Crippen LogP contribution in [-0.2, 0) is 20.9 Å². The average molecular weight is 440 g/mol. The van der Waals surface area contributed by atoms with E-state index in [9.17, 15) is 14.4 Å². The minimum Gasteiger partial charge on any atom is -0.496 e. The minimum atomic E-state index is -1.01. The Morgan fingerprint density at radius 1 is 1.06 bits per heavy atom. The molecule has 1 N–H and O–H groups in total. The van der Waals surface area contributed by atoms with E-state index in [1.54, 1.807) is 19.2 Å². The van der Waals surface area contributed by atoms with Crippen LogP contribution in [0, 0.1) is 0 Å². The molecule has 2 aromatic rings. The van der Waals surface area contributed by atoms with Crippen molar-refractivity contribution < 1.29 is 33.3 Å². The number of likely N-dealkylation sites (tertiary alicyclic amines) is 1. The van der Waals surface area contributed by atoms with Crippen molar-refractivity contribution in [3.8, 4) is 17.2 Å². The Bertz CT molecular complexity index is 1070. The molecule has 32 heavy (non-hydrogen) atoms. The van der Waals surface area contributed by atoms with Gasteiger partial charge in [0.2, 0.25) is 18.0 Å². The summed E-state index contributed by atoms with van der Waals surface area (Å²) in [5.74, 6) is 0.0547. The predicted octanol–water partition coefficient (Wildman–Crippen LogP) is 2.19. The van der Waals surface area contributed by atoms with Gasteiger partial charge in [-0.15, -0.1) is 0 Å². The van der Waals surface area contributed by atoms with Crippen LogP contribution < -0.4 is 19.5 Å². The molecule has 0 aliphatic carbocycles. The molecule has 2 aliphatic rings. The van der Waals surface area contributed by atoms with Crippen molar-refractivity contribution in [2.45, 2.75) is 31.7 Å². The van der Waals surface area contributed by atoms with Crippen LogP contribution >= 0.6 is 0 Å². The number of hydrogen-bond donors (Lipinski definition) is 1. The number of carbonyl (C=O) groups excluding carboxylic acids is 3. The van der Waals surface area contributed by atoms with Crippen molar-refractivity contribution >= 4 is 17.8 Å². The van der Waals surface area contributed by atoms with E-state index >= 15 is 0 Å². The second-order valence-corrected chi connectivity index (χ2v) is 7.41. The molecule has 2 aliphatic heterocycles. The number of nitrogens with one attached hydrogen (secondary N) is 1. The van der Waals surface area contributed by atoms with E-state index in [1.165, 1.54) is 19.1 Å². The Kier molecular flexibility index (Phi) is 5.89. The zero-order valence-electron chi connectivity index (χ0n) is 18.0. The van der Waals surface area contributed by atoms with Gasteiger partial charge in [-0.3, -0.25) is 14.5 Å². The Morgan fingerprint density at radius 2 is 1.81 bits per heavy atom. The van der Waals surface area contributed by atoms with Gasteiger partial charge in [0.25, 0.3) is 0 Å². The Balaban J connectivity index is 1.58. The molecule has 2 amide bonds. The summed E-state index contributed by atoms with van der Waals surface area (Å²) in [4.78, 5) is 39.7. The van der Waals surface area contributed by atoms with Gasteiger partial charge >= 0.3 is 5.97 Å². The number of methoxy groups -OCH3 is 3. The molecular formula is C23H24N2O7. The molecule has 1 fully saturated rings. The van der Waals surface area contributed by atoms with Gasteiger partial charge in [-0.05, 0) is 24.6 Å². The summed E-state index contributed by atoms with van der Waals surface area (Å²) in [6.07, 6.45) is -0.495. The number of hydrogen-bond acceptors (Lipinski definition) is 7. The Labute approximate surface area is 185 Å². The SMILES string of the molecule is COc1ccccc1CNC(=O)[C@@H]1CCC(=O)N1[C@H]1OC(=O)c2c1ccc(OC)c2OC. The van der Waals surface area contributed by atoms with Crippen LogP contribution in [0.1, 0.15) is 40.6 Å². The van der Waals surface area contributed by atoms with E-state index in [2.05, 4.69) is 5.32 Å². The monoisotopic (exact) mass is 440 g/mol. The maximum absolute atomic E-state index is 13.0. The van der Waals surface area contributed by atoms with Crippen LogP contribution in [0.25, 0.3) is 0 Å². The summed E-state index contributed by atoms with van der Waals surface area (Å²) < 4.78 is 21.5. The van der Waals surface area contributed by atoms with E-state index in [-0.39, 0.29) is 36.1 Å². The fourth-order valence-corrected chi connectivity index (χ4v) is 4.19. The number of nitrogens with zero attached hydrogens (tertiary/aromatic N) is 1. The number of fused-ring (bicyclic) bond motifs is 1. The van der Waals surface area contributed by atoms with Gasteiger partial charge in [0.15, 0.2) is 11.5 Å². The Hall–Kier alpha value is -3.75. The first-order valence-corrected chi connectivity index (χ1v) is 10.2. The lowest BCUT2D eigenvalue weighted by Crippen LogP contribution is -2.46. The fraction of sp³-hybridized carbons (Fsp3) is 0.348. The van der Waals surface area contributed by atoms with E-state index < -0.39 is 18.2 Å². The van der Waals surface area contributed by atoms with Crippen molar-refractivity contribution in [2.75, 3.05) is 21.3 Å². The maximum Gasteiger partial charge on any atom is 0.344 e. The van der Waals surface area contributed by atoms with Gasteiger partial charge in [-0.25, -0.2) is 4.79 Å². The third-order valence-electron chi connectivity index (χ3n) is 5.72. The molecule has 4 rings (SSSR count). The smallest absolute Gasteiger partial charge is 0.344 e. The molecule has 0 aromatic heterocycles. The van der Waals surface area contributed by atoms with Crippen LogP contribution in [0.3, 0.4) is 0 Å².